The molecule has 0 radical (unpaired) electrons. The highest BCUT2D eigenvalue weighted by Gasteiger charge is 2.19. The zero-order chi connectivity index (χ0) is 16.7. The van der Waals surface area contributed by atoms with Gasteiger partial charge in [-0.05, 0) is 24.1 Å². The number of H-pyrrole nitrogens is 1. The predicted octanol–water partition coefficient (Wildman–Crippen LogP) is 3.69. The van der Waals surface area contributed by atoms with E-state index in [1.54, 1.807) is 0 Å². The molecular formula is C20H17N3O. The smallest absolute Gasteiger partial charge is 0.278 e. The number of nitrogen functional groups attached to an aromatic ring is 1. The number of hydrogen-bond donors (Lipinski definition) is 2. The van der Waals surface area contributed by atoms with Crippen LogP contribution >= 0.6 is 0 Å². The number of nitrogens with one attached hydrogen (secondary N) is 1. The molecule has 118 valence electrons. The quantitative estimate of drug-likeness (QED) is 0.554. The first-order chi connectivity index (χ1) is 11.7. The van der Waals surface area contributed by atoms with Crippen molar-refractivity contribution in [3.63, 3.8) is 0 Å². The van der Waals surface area contributed by atoms with Gasteiger partial charge >= 0.3 is 0 Å². The largest absolute Gasteiger partial charge is 0.354 e. The van der Waals surface area contributed by atoms with E-state index in [1.807, 2.05) is 73.7 Å². The fourth-order valence-electron chi connectivity index (χ4n) is 3.12. The summed E-state index contributed by atoms with van der Waals surface area (Å²) in [5.41, 5.74) is 5.17. The van der Waals surface area contributed by atoms with Gasteiger partial charge in [-0.25, -0.2) is 4.68 Å². The Balaban J connectivity index is 2.17. The van der Waals surface area contributed by atoms with Crippen molar-refractivity contribution in [2.45, 2.75) is 6.92 Å². The molecule has 0 amide bonds. The van der Waals surface area contributed by atoms with Crippen molar-refractivity contribution in [2.75, 3.05) is 5.84 Å². The van der Waals surface area contributed by atoms with Crippen molar-refractivity contribution in [1.82, 2.24) is 9.66 Å². The molecule has 2 aromatic carbocycles. The summed E-state index contributed by atoms with van der Waals surface area (Å²) < 4.78 is 1.21. The number of aromatic amines is 1. The van der Waals surface area contributed by atoms with E-state index in [0.29, 0.717) is 11.1 Å². The average Bonchev–Trinajstić information content (AvgIpc) is 3.00. The van der Waals surface area contributed by atoms with E-state index in [4.69, 9.17) is 5.84 Å². The van der Waals surface area contributed by atoms with Crippen LogP contribution in [0.5, 0.6) is 0 Å². The SMILES string of the molecule is Cc1cc2[nH]c(-c3ccccc3)c(-c3ccccc3)c2c(=O)n1N. The number of benzene rings is 2. The summed E-state index contributed by atoms with van der Waals surface area (Å²) >= 11 is 0. The number of pyridine rings is 1. The number of aromatic nitrogens is 2. The Morgan fingerprint density at radius 2 is 1.50 bits per heavy atom. The number of hydrogen-bond acceptors (Lipinski definition) is 2. The minimum atomic E-state index is -0.192. The van der Waals surface area contributed by atoms with E-state index in [9.17, 15) is 4.79 Å². The molecule has 3 N–H and O–H groups in total. The number of nitrogens with two attached hydrogens (primary N) is 1. The zero-order valence-corrected chi connectivity index (χ0v) is 13.3. The van der Waals surface area contributed by atoms with Crippen molar-refractivity contribution in [2.24, 2.45) is 0 Å². The Hall–Kier alpha value is -3.27. The first-order valence-electron chi connectivity index (χ1n) is 7.81. The molecule has 0 bridgehead atoms. The molecule has 0 atom stereocenters. The molecule has 2 heterocycles. The third-order valence-electron chi connectivity index (χ3n) is 4.32. The van der Waals surface area contributed by atoms with Gasteiger partial charge in [-0.15, -0.1) is 0 Å². The second-order valence-corrected chi connectivity index (χ2v) is 5.86. The van der Waals surface area contributed by atoms with E-state index in [1.165, 1.54) is 4.68 Å². The maximum atomic E-state index is 12.8. The summed E-state index contributed by atoms with van der Waals surface area (Å²) in [5.74, 6) is 5.93. The minimum absolute atomic E-state index is 0.192. The Labute approximate surface area is 139 Å². The normalized spacial score (nSPS) is 11.0. The van der Waals surface area contributed by atoms with Crippen molar-refractivity contribution in [3.05, 3.63) is 82.8 Å². The van der Waals surface area contributed by atoms with Crippen molar-refractivity contribution < 1.29 is 0 Å². The Kier molecular flexibility index (Phi) is 3.24. The maximum absolute atomic E-state index is 12.8. The van der Waals surface area contributed by atoms with E-state index in [0.717, 1.165) is 27.9 Å². The number of aryl methyl sites for hydroxylation is 1. The fourth-order valence-corrected chi connectivity index (χ4v) is 3.12. The third kappa shape index (κ3) is 2.12. The standard InChI is InChI=1S/C20H17N3O/c1-13-12-16-18(20(24)23(13)21)17(14-8-4-2-5-9-14)19(22-16)15-10-6-3-7-11-15/h2-12,22H,21H2,1H3. The second-order valence-electron chi connectivity index (χ2n) is 5.86. The molecule has 0 aliphatic heterocycles. The highest BCUT2D eigenvalue weighted by Crippen LogP contribution is 2.36. The lowest BCUT2D eigenvalue weighted by molar-refractivity contribution is 0.900. The van der Waals surface area contributed by atoms with Gasteiger partial charge in [0.2, 0.25) is 0 Å². The Morgan fingerprint density at radius 3 is 2.12 bits per heavy atom. The molecular weight excluding hydrogens is 298 g/mol. The van der Waals surface area contributed by atoms with Crippen molar-refractivity contribution >= 4 is 10.9 Å². The van der Waals surface area contributed by atoms with Gasteiger partial charge in [0.25, 0.3) is 5.56 Å². The summed E-state index contributed by atoms with van der Waals surface area (Å²) in [6.45, 7) is 1.83. The van der Waals surface area contributed by atoms with Crippen LogP contribution in [0.25, 0.3) is 33.3 Å². The fraction of sp³-hybridized carbons (Fsp3) is 0.0500. The van der Waals surface area contributed by atoms with Crippen LogP contribution in [0.2, 0.25) is 0 Å². The van der Waals surface area contributed by atoms with E-state index in [2.05, 4.69) is 4.98 Å². The van der Waals surface area contributed by atoms with Crippen LogP contribution in [0.15, 0.2) is 71.5 Å². The lowest BCUT2D eigenvalue weighted by atomic mass is 9.99. The predicted molar refractivity (Wildman–Crippen MR) is 98.3 cm³/mol. The van der Waals surface area contributed by atoms with Gasteiger partial charge in [0.15, 0.2) is 0 Å². The van der Waals surface area contributed by atoms with Crippen LogP contribution in [-0.2, 0) is 0 Å². The minimum Gasteiger partial charge on any atom is -0.354 e. The Morgan fingerprint density at radius 1 is 0.917 bits per heavy atom. The highest BCUT2D eigenvalue weighted by atomic mass is 16.1. The van der Waals surface area contributed by atoms with Gasteiger partial charge in [-0.3, -0.25) is 4.79 Å². The third-order valence-corrected chi connectivity index (χ3v) is 4.32. The van der Waals surface area contributed by atoms with Crippen LogP contribution in [0.3, 0.4) is 0 Å². The molecule has 4 aromatic rings. The molecule has 0 unspecified atom stereocenters. The molecule has 0 saturated heterocycles. The molecule has 0 spiro atoms. The summed E-state index contributed by atoms with van der Waals surface area (Å²) in [5, 5.41) is 0.619. The van der Waals surface area contributed by atoms with Crippen LogP contribution in [0.4, 0.5) is 0 Å². The number of nitrogens with zero attached hydrogens (tertiary/aromatic N) is 1. The molecule has 24 heavy (non-hydrogen) atoms. The molecule has 0 saturated carbocycles. The molecule has 0 fully saturated rings. The average molecular weight is 315 g/mol. The van der Waals surface area contributed by atoms with Crippen molar-refractivity contribution in [1.29, 1.82) is 0 Å². The van der Waals surface area contributed by atoms with Crippen molar-refractivity contribution in [3.8, 4) is 22.4 Å². The summed E-state index contributed by atoms with van der Waals surface area (Å²) in [6.07, 6.45) is 0. The van der Waals surface area contributed by atoms with Gasteiger partial charge in [0.1, 0.15) is 0 Å². The summed E-state index contributed by atoms with van der Waals surface area (Å²) in [4.78, 5) is 16.2. The van der Waals surface area contributed by atoms with E-state index < -0.39 is 0 Å². The monoisotopic (exact) mass is 315 g/mol. The highest BCUT2D eigenvalue weighted by molar-refractivity contribution is 6.03. The van der Waals surface area contributed by atoms with Gasteiger partial charge in [-0.2, -0.15) is 0 Å². The lowest BCUT2D eigenvalue weighted by Crippen LogP contribution is -2.29. The summed E-state index contributed by atoms with van der Waals surface area (Å²) in [6, 6.07) is 21.9. The molecule has 4 nitrogen and oxygen atoms in total. The number of fused-ring (bicyclic) bond motifs is 1. The topological polar surface area (TPSA) is 63.8 Å². The van der Waals surface area contributed by atoms with E-state index >= 15 is 0 Å². The first kappa shape index (κ1) is 14.3. The van der Waals surface area contributed by atoms with Crippen LogP contribution < -0.4 is 11.4 Å². The van der Waals surface area contributed by atoms with Crippen LogP contribution in [0.1, 0.15) is 5.69 Å². The van der Waals surface area contributed by atoms with Gasteiger partial charge in [-0.1, -0.05) is 60.7 Å². The zero-order valence-electron chi connectivity index (χ0n) is 13.3. The molecule has 2 aromatic heterocycles. The summed E-state index contributed by atoms with van der Waals surface area (Å²) in [7, 11) is 0. The van der Waals surface area contributed by atoms with Crippen LogP contribution in [0, 0.1) is 6.92 Å². The maximum Gasteiger partial charge on any atom is 0.278 e. The van der Waals surface area contributed by atoms with Gasteiger partial charge in [0, 0.05) is 11.3 Å². The molecule has 0 aliphatic carbocycles. The van der Waals surface area contributed by atoms with E-state index in [-0.39, 0.29) is 5.56 Å². The lowest BCUT2D eigenvalue weighted by Gasteiger charge is -2.06. The molecule has 0 aliphatic rings. The molecule has 4 heteroatoms. The van der Waals surface area contributed by atoms with Gasteiger partial charge in [0.05, 0.1) is 16.6 Å². The first-order valence-corrected chi connectivity index (χ1v) is 7.81. The Bertz CT molecular complexity index is 1080. The number of rotatable bonds is 2. The second kappa shape index (κ2) is 5.42. The van der Waals surface area contributed by atoms with Crippen LogP contribution in [-0.4, -0.2) is 9.66 Å². The van der Waals surface area contributed by atoms with Gasteiger partial charge < -0.3 is 10.8 Å². The molecule has 4 rings (SSSR count).